The van der Waals surface area contributed by atoms with Gasteiger partial charge in [-0.3, -0.25) is 9.89 Å². The Balaban J connectivity index is 2.24. The van der Waals surface area contributed by atoms with Crippen LogP contribution in [0.1, 0.15) is 28.3 Å². The molecule has 0 unspecified atom stereocenters. The van der Waals surface area contributed by atoms with Crippen molar-refractivity contribution in [2.24, 2.45) is 0 Å². The molecule has 0 aliphatic carbocycles. The summed E-state index contributed by atoms with van der Waals surface area (Å²) in [6.45, 7) is 1.49. The van der Waals surface area contributed by atoms with Gasteiger partial charge in [-0.15, -0.1) is 0 Å². The molecule has 2 aromatic heterocycles. The fourth-order valence-corrected chi connectivity index (χ4v) is 1.45. The van der Waals surface area contributed by atoms with Crippen molar-refractivity contribution in [2.45, 2.75) is 13.3 Å². The van der Waals surface area contributed by atoms with Crippen molar-refractivity contribution in [1.29, 1.82) is 0 Å². The highest BCUT2D eigenvalue weighted by molar-refractivity contribution is 6.03. The highest BCUT2D eigenvalue weighted by Crippen LogP contribution is 2.27. The number of nitrogens with zero attached hydrogens (tertiary/aromatic N) is 2. The van der Waals surface area contributed by atoms with E-state index < -0.39 is 23.8 Å². The Morgan fingerprint density at radius 2 is 2.16 bits per heavy atom. The van der Waals surface area contributed by atoms with Crippen LogP contribution in [-0.4, -0.2) is 21.1 Å². The normalized spacial score (nSPS) is 10.8. The average molecular weight is 270 g/mol. The third-order valence-electron chi connectivity index (χ3n) is 2.38. The van der Waals surface area contributed by atoms with Crippen LogP contribution in [0.25, 0.3) is 0 Å². The van der Waals surface area contributed by atoms with Crippen molar-refractivity contribution in [3.8, 4) is 0 Å². The molecule has 0 saturated heterocycles. The first-order valence-corrected chi connectivity index (χ1v) is 5.25. The molecular formula is C11H9F3N4O. The lowest BCUT2D eigenvalue weighted by Crippen LogP contribution is -2.15. The second-order valence-electron chi connectivity index (χ2n) is 3.73. The van der Waals surface area contributed by atoms with Crippen LogP contribution in [0, 0.1) is 12.7 Å². The van der Waals surface area contributed by atoms with E-state index in [4.69, 9.17) is 0 Å². The van der Waals surface area contributed by atoms with Gasteiger partial charge in [0.2, 0.25) is 0 Å². The molecule has 0 fully saturated rings. The van der Waals surface area contributed by atoms with Crippen molar-refractivity contribution < 1.29 is 18.0 Å². The minimum Gasteiger partial charge on any atom is -0.317 e. The Labute approximate surface area is 105 Å². The predicted molar refractivity (Wildman–Crippen MR) is 60.4 cm³/mol. The molecule has 2 N–H and O–H groups in total. The molecule has 0 aromatic carbocycles. The Bertz CT molecular complexity index is 594. The van der Waals surface area contributed by atoms with Gasteiger partial charge in [-0.05, 0) is 19.1 Å². The maximum atomic E-state index is 12.7. The second-order valence-corrected chi connectivity index (χ2v) is 3.73. The SMILES string of the molecule is Cc1[nH]nc(C(F)F)c1NC(=O)c1ccc(F)cn1. The van der Waals surface area contributed by atoms with Crippen LogP contribution < -0.4 is 5.32 Å². The number of alkyl halides is 2. The van der Waals surface area contributed by atoms with E-state index >= 15 is 0 Å². The van der Waals surface area contributed by atoms with Crippen molar-refractivity contribution in [3.05, 3.63) is 41.2 Å². The largest absolute Gasteiger partial charge is 0.317 e. The van der Waals surface area contributed by atoms with E-state index in [1.807, 2.05) is 0 Å². The van der Waals surface area contributed by atoms with E-state index in [9.17, 15) is 18.0 Å². The van der Waals surface area contributed by atoms with Gasteiger partial charge in [0.1, 0.15) is 11.5 Å². The molecule has 0 radical (unpaired) electrons. The molecule has 19 heavy (non-hydrogen) atoms. The molecule has 100 valence electrons. The van der Waals surface area contributed by atoms with Crippen LogP contribution in [0.2, 0.25) is 0 Å². The summed E-state index contributed by atoms with van der Waals surface area (Å²) in [5.41, 5.74) is -0.424. The number of hydrogen-bond acceptors (Lipinski definition) is 3. The molecule has 2 rings (SSSR count). The number of aromatic amines is 1. The van der Waals surface area contributed by atoms with Gasteiger partial charge in [-0.1, -0.05) is 0 Å². The number of carbonyl (C=O) groups excluding carboxylic acids is 1. The first kappa shape index (κ1) is 13.1. The molecule has 2 heterocycles. The third kappa shape index (κ3) is 2.72. The van der Waals surface area contributed by atoms with Crippen LogP contribution >= 0.6 is 0 Å². The van der Waals surface area contributed by atoms with E-state index in [2.05, 4.69) is 20.5 Å². The smallest absolute Gasteiger partial charge is 0.284 e. The van der Waals surface area contributed by atoms with Gasteiger partial charge in [0.25, 0.3) is 12.3 Å². The first-order valence-electron chi connectivity index (χ1n) is 5.25. The fraction of sp³-hybridized carbons (Fsp3) is 0.182. The molecule has 1 amide bonds. The van der Waals surface area contributed by atoms with Gasteiger partial charge < -0.3 is 5.32 Å². The fourth-order valence-electron chi connectivity index (χ4n) is 1.45. The number of carbonyl (C=O) groups is 1. The molecular weight excluding hydrogens is 261 g/mol. The molecule has 0 saturated carbocycles. The van der Waals surface area contributed by atoms with Crippen LogP contribution in [0.5, 0.6) is 0 Å². The average Bonchev–Trinajstić information content (AvgIpc) is 2.72. The lowest BCUT2D eigenvalue weighted by molar-refractivity contribution is 0.102. The summed E-state index contributed by atoms with van der Waals surface area (Å²) in [4.78, 5) is 15.3. The quantitative estimate of drug-likeness (QED) is 0.899. The number of aromatic nitrogens is 3. The Hall–Kier alpha value is -2.38. The minimum absolute atomic E-state index is 0.0813. The number of H-pyrrole nitrogens is 1. The lowest BCUT2D eigenvalue weighted by Gasteiger charge is -2.05. The topological polar surface area (TPSA) is 70.7 Å². The summed E-state index contributed by atoms with van der Waals surface area (Å²) in [7, 11) is 0. The number of amides is 1. The van der Waals surface area contributed by atoms with Crippen molar-refractivity contribution in [2.75, 3.05) is 5.32 Å². The zero-order chi connectivity index (χ0) is 14.0. The number of hydrogen-bond donors (Lipinski definition) is 2. The highest BCUT2D eigenvalue weighted by Gasteiger charge is 2.21. The van der Waals surface area contributed by atoms with E-state index in [-0.39, 0.29) is 11.4 Å². The Morgan fingerprint density at radius 1 is 1.42 bits per heavy atom. The van der Waals surface area contributed by atoms with Crippen molar-refractivity contribution >= 4 is 11.6 Å². The van der Waals surface area contributed by atoms with E-state index in [0.717, 1.165) is 18.3 Å². The van der Waals surface area contributed by atoms with Gasteiger partial charge in [-0.25, -0.2) is 18.2 Å². The summed E-state index contributed by atoms with van der Waals surface area (Å²) in [6, 6.07) is 2.21. The molecule has 8 heteroatoms. The van der Waals surface area contributed by atoms with Gasteiger partial charge >= 0.3 is 0 Å². The van der Waals surface area contributed by atoms with Crippen LogP contribution in [0.15, 0.2) is 18.3 Å². The molecule has 0 bridgehead atoms. The molecule has 0 spiro atoms. The van der Waals surface area contributed by atoms with Crippen LogP contribution in [0.3, 0.4) is 0 Å². The molecule has 2 aromatic rings. The minimum atomic E-state index is -2.82. The lowest BCUT2D eigenvalue weighted by atomic mass is 10.2. The van der Waals surface area contributed by atoms with E-state index in [1.54, 1.807) is 0 Å². The number of nitrogens with one attached hydrogen (secondary N) is 2. The van der Waals surface area contributed by atoms with Crippen molar-refractivity contribution in [3.63, 3.8) is 0 Å². The molecule has 0 aliphatic rings. The van der Waals surface area contributed by atoms with E-state index in [0.29, 0.717) is 5.69 Å². The maximum Gasteiger partial charge on any atom is 0.284 e. The number of halogens is 3. The summed E-state index contributed by atoms with van der Waals surface area (Å²) >= 11 is 0. The predicted octanol–water partition coefficient (Wildman–Crippen LogP) is 2.44. The van der Waals surface area contributed by atoms with E-state index in [1.165, 1.54) is 6.92 Å². The maximum absolute atomic E-state index is 12.7. The summed E-state index contributed by atoms with van der Waals surface area (Å²) in [6.07, 6.45) is -1.95. The van der Waals surface area contributed by atoms with Crippen LogP contribution in [0.4, 0.5) is 18.9 Å². The molecule has 5 nitrogen and oxygen atoms in total. The molecule has 0 aliphatic heterocycles. The van der Waals surface area contributed by atoms with Gasteiger partial charge in [0.15, 0.2) is 5.69 Å². The molecule has 0 atom stereocenters. The Kier molecular flexibility index (Phi) is 3.50. The zero-order valence-corrected chi connectivity index (χ0v) is 9.75. The first-order chi connectivity index (χ1) is 8.99. The zero-order valence-electron chi connectivity index (χ0n) is 9.75. The number of anilines is 1. The summed E-state index contributed by atoms with van der Waals surface area (Å²) in [5.74, 6) is -1.31. The second kappa shape index (κ2) is 5.09. The number of rotatable bonds is 3. The van der Waals surface area contributed by atoms with Gasteiger partial charge in [0, 0.05) is 0 Å². The summed E-state index contributed by atoms with van der Waals surface area (Å²) in [5, 5.41) is 8.04. The van der Waals surface area contributed by atoms with Gasteiger partial charge in [0.05, 0.1) is 17.6 Å². The monoisotopic (exact) mass is 270 g/mol. The number of aryl methyl sites for hydroxylation is 1. The Morgan fingerprint density at radius 3 is 2.74 bits per heavy atom. The highest BCUT2D eigenvalue weighted by atomic mass is 19.3. The third-order valence-corrected chi connectivity index (χ3v) is 2.38. The van der Waals surface area contributed by atoms with Gasteiger partial charge in [-0.2, -0.15) is 5.10 Å². The van der Waals surface area contributed by atoms with Crippen LogP contribution in [-0.2, 0) is 0 Å². The number of pyridine rings is 1. The van der Waals surface area contributed by atoms with Crippen molar-refractivity contribution in [1.82, 2.24) is 15.2 Å². The summed E-state index contributed by atoms with van der Waals surface area (Å²) < 4.78 is 37.9. The standard InChI is InChI=1S/C11H9F3N4O/c1-5-8(9(10(13)14)18-17-5)16-11(19)7-3-2-6(12)4-15-7/h2-4,10H,1H3,(H,16,19)(H,17,18).